The number of aromatic amines is 1. The highest BCUT2D eigenvalue weighted by Gasteiger charge is 2.44. The zero-order chi connectivity index (χ0) is 20.4. The fourth-order valence-electron chi connectivity index (χ4n) is 3.14. The van der Waals surface area contributed by atoms with Crippen molar-refractivity contribution in [3.05, 3.63) is 41.0 Å². The molecule has 2 N–H and O–H groups in total. The SMILES string of the molecule is CCSc1n[nH]c(NC(=O)[C@@H](C(C)C)N2C(=O)c3ccccc3C2=O)c1C#N. The summed E-state index contributed by atoms with van der Waals surface area (Å²) >= 11 is 1.37. The average molecular weight is 397 g/mol. The van der Waals surface area contributed by atoms with Crippen LogP contribution in [0.4, 0.5) is 5.82 Å². The second-order valence-electron chi connectivity index (χ2n) is 6.53. The van der Waals surface area contributed by atoms with Gasteiger partial charge in [-0.1, -0.05) is 32.9 Å². The fraction of sp³-hybridized carbons (Fsp3) is 0.316. The number of nitriles is 1. The lowest BCUT2D eigenvalue weighted by Gasteiger charge is -2.28. The Labute approximate surface area is 166 Å². The number of anilines is 1. The number of hydrogen-bond acceptors (Lipinski definition) is 6. The predicted octanol–water partition coefficient (Wildman–Crippen LogP) is 2.65. The Morgan fingerprint density at radius 3 is 2.39 bits per heavy atom. The number of carbonyl (C=O) groups excluding carboxylic acids is 3. The summed E-state index contributed by atoms with van der Waals surface area (Å²) in [6, 6.07) is 7.50. The van der Waals surface area contributed by atoms with Crippen LogP contribution in [-0.2, 0) is 4.79 Å². The Morgan fingerprint density at radius 1 is 1.29 bits per heavy atom. The second kappa shape index (κ2) is 7.86. The molecule has 1 aromatic carbocycles. The number of carbonyl (C=O) groups is 3. The van der Waals surface area contributed by atoms with Crippen LogP contribution in [0.15, 0.2) is 29.3 Å². The zero-order valence-corrected chi connectivity index (χ0v) is 16.5. The first kappa shape index (κ1) is 19.6. The van der Waals surface area contributed by atoms with Crippen LogP contribution in [0.3, 0.4) is 0 Å². The number of nitrogens with zero attached hydrogens (tertiary/aromatic N) is 3. The van der Waals surface area contributed by atoms with Crippen LogP contribution in [0.5, 0.6) is 0 Å². The summed E-state index contributed by atoms with van der Waals surface area (Å²) in [4.78, 5) is 39.5. The van der Waals surface area contributed by atoms with E-state index in [4.69, 9.17) is 0 Å². The van der Waals surface area contributed by atoms with Crippen LogP contribution in [0, 0.1) is 17.2 Å². The van der Waals surface area contributed by atoms with Crippen molar-refractivity contribution in [2.75, 3.05) is 11.1 Å². The van der Waals surface area contributed by atoms with E-state index in [0.717, 1.165) is 10.7 Å². The van der Waals surface area contributed by atoms with E-state index >= 15 is 0 Å². The normalized spacial score (nSPS) is 14.2. The minimum absolute atomic E-state index is 0.158. The van der Waals surface area contributed by atoms with Gasteiger partial charge in [-0.05, 0) is 23.8 Å². The van der Waals surface area contributed by atoms with Crippen LogP contribution < -0.4 is 5.32 Å². The van der Waals surface area contributed by atoms with Crippen molar-refractivity contribution in [1.29, 1.82) is 5.26 Å². The maximum Gasteiger partial charge on any atom is 0.262 e. The number of aromatic nitrogens is 2. The van der Waals surface area contributed by atoms with Gasteiger partial charge in [0.15, 0.2) is 0 Å². The molecule has 0 unspecified atom stereocenters. The van der Waals surface area contributed by atoms with Crippen molar-refractivity contribution in [3.63, 3.8) is 0 Å². The number of thioether (sulfide) groups is 1. The van der Waals surface area contributed by atoms with E-state index in [2.05, 4.69) is 15.5 Å². The third-order valence-electron chi connectivity index (χ3n) is 4.38. The summed E-state index contributed by atoms with van der Waals surface area (Å²) in [6.07, 6.45) is 0. The summed E-state index contributed by atoms with van der Waals surface area (Å²) in [5, 5.41) is 19.2. The van der Waals surface area contributed by atoms with Gasteiger partial charge >= 0.3 is 0 Å². The summed E-state index contributed by atoms with van der Waals surface area (Å²) in [6.45, 7) is 5.43. The summed E-state index contributed by atoms with van der Waals surface area (Å²) < 4.78 is 0. The molecule has 0 aliphatic carbocycles. The molecule has 0 fully saturated rings. The Kier molecular flexibility index (Phi) is 5.51. The molecule has 144 valence electrons. The Bertz CT molecular complexity index is 957. The van der Waals surface area contributed by atoms with Gasteiger partial charge in [0.2, 0.25) is 5.91 Å². The molecule has 1 atom stereocenters. The van der Waals surface area contributed by atoms with Crippen LogP contribution in [0.25, 0.3) is 0 Å². The number of benzene rings is 1. The monoisotopic (exact) mass is 397 g/mol. The van der Waals surface area contributed by atoms with E-state index in [0.29, 0.717) is 5.03 Å². The molecule has 8 nitrogen and oxygen atoms in total. The van der Waals surface area contributed by atoms with E-state index in [1.54, 1.807) is 38.1 Å². The van der Waals surface area contributed by atoms with Gasteiger partial charge in [0.05, 0.1) is 11.1 Å². The number of hydrogen-bond donors (Lipinski definition) is 2. The minimum atomic E-state index is -1.02. The maximum atomic E-state index is 13.0. The molecule has 28 heavy (non-hydrogen) atoms. The van der Waals surface area contributed by atoms with Gasteiger partial charge in [-0.25, -0.2) is 0 Å². The summed E-state index contributed by atoms with van der Waals surface area (Å²) in [5.74, 6) is -1.01. The predicted molar refractivity (Wildman–Crippen MR) is 104 cm³/mol. The number of imide groups is 1. The van der Waals surface area contributed by atoms with Crippen LogP contribution >= 0.6 is 11.8 Å². The molecule has 2 heterocycles. The van der Waals surface area contributed by atoms with E-state index < -0.39 is 23.8 Å². The third-order valence-corrected chi connectivity index (χ3v) is 5.24. The lowest BCUT2D eigenvalue weighted by Crippen LogP contribution is -2.50. The number of rotatable bonds is 6. The van der Waals surface area contributed by atoms with E-state index in [-0.39, 0.29) is 28.4 Å². The fourth-order valence-corrected chi connectivity index (χ4v) is 3.81. The summed E-state index contributed by atoms with van der Waals surface area (Å²) in [7, 11) is 0. The topological polar surface area (TPSA) is 119 Å². The molecule has 3 rings (SSSR count). The van der Waals surface area contributed by atoms with E-state index in [9.17, 15) is 19.6 Å². The lowest BCUT2D eigenvalue weighted by atomic mass is 10.0. The highest BCUT2D eigenvalue weighted by atomic mass is 32.2. The lowest BCUT2D eigenvalue weighted by molar-refractivity contribution is -0.121. The van der Waals surface area contributed by atoms with Gasteiger partial charge in [0.1, 0.15) is 28.5 Å². The Balaban J connectivity index is 1.90. The zero-order valence-electron chi connectivity index (χ0n) is 15.6. The van der Waals surface area contributed by atoms with Gasteiger partial charge in [-0.2, -0.15) is 10.4 Å². The molecule has 0 radical (unpaired) electrons. The largest absolute Gasteiger partial charge is 0.308 e. The highest BCUT2D eigenvalue weighted by molar-refractivity contribution is 7.99. The maximum absolute atomic E-state index is 13.0. The summed E-state index contributed by atoms with van der Waals surface area (Å²) in [5.41, 5.74) is 0.795. The van der Waals surface area contributed by atoms with Gasteiger partial charge in [0, 0.05) is 0 Å². The first-order chi connectivity index (χ1) is 13.4. The number of fused-ring (bicyclic) bond motifs is 1. The molecule has 2 aromatic rings. The van der Waals surface area contributed by atoms with Crippen molar-refractivity contribution < 1.29 is 14.4 Å². The first-order valence-corrected chi connectivity index (χ1v) is 9.78. The molecular formula is C19H19N5O3S. The number of H-pyrrole nitrogens is 1. The first-order valence-electron chi connectivity index (χ1n) is 8.79. The van der Waals surface area contributed by atoms with Gasteiger partial charge < -0.3 is 5.32 Å². The van der Waals surface area contributed by atoms with Crippen molar-refractivity contribution in [2.45, 2.75) is 31.8 Å². The van der Waals surface area contributed by atoms with Crippen molar-refractivity contribution in [1.82, 2.24) is 15.1 Å². The molecule has 1 aliphatic heterocycles. The van der Waals surface area contributed by atoms with Gasteiger partial charge in [0.25, 0.3) is 11.8 Å². The molecular weight excluding hydrogens is 378 g/mol. The smallest absolute Gasteiger partial charge is 0.262 e. The van der Waals surface area contributed by atoms with Crippen LogP contribution in [0.2, 0.25) is 0 Å². The molecule has 1 aliphatic rings. The molecule has 0 saturated carbocycles. The van der Waals surface area contributed by atoms with Crippen LogP contribution in [-0.4, -0.2) is 44.6 Å². The third kappa shape index (κ3) is 3.27. The molecule has 0 spiro atoms. The average Bonchev–Trinajstić information content (AvgIpc) is 3.16. The molecule has 3 amide bonds. The Hall–Kier alpha value is -3.12. The Morgan fingerprint density at radius 2 is 1.89 bits per heavy atom. The second-order valence-corrected chi connectivity index (χ2v) is 7.78. The standard InChI is InChI=1S/C19H19N5O3S/c1-4-28-17-13(9-20)15(22-23-17)21-16(25)14(10(2)3)24-18(26)11-7-5-6-8-12(11)19(24)27/h5-8,10,14H,4H2,1-3H3,(H2,21,22,23,25)/t14-/m1/s1. The van der Waals surface area contributed by atoms with E-state index in [1.165, 1.54) is 11.8 Å². The number of amides is 3. The van der Waals surface area contributed by atoms with Gasteiger partial charge in [-0.15, -0.1) is 11.8 Å². The quantitative estimate of drug-likeness (QED) is 0.571. The van der Waals surface area contributed by atoms with Crippen molar-refractivity contribution in [3.8, 4) is 6.07 Å². The minimum Gasteiger partial charge on any atom is -0.308 e. The molecule has 0 bridgehead atoms. The van der Waals surface area contributed by atoms with Crippen LogP contribution in [0.1, 0.15) is 47.1 Å². The highest BCUT2D eigenvalue weighted by Crippen LogP contribution is 2.29. The van der Waals surface area contributed by atoms with E-state index in [1.807, 2.05) is 13.0 Å². The van der Waals surface area contributed by atoms with Gasteiger partial charge in [-0.3, -0.25) is 24.4 Å². The molecule has 0 saturated heterocycles. The van der Waals surface area contributed by atoms with Crippen molar-refractivity contribution in [2.24, 2.45) is 5.92 Å². The van der Waals surface area contributed by atoms with Crippen molar-refractivity contribution >= 4 is 35.3 Å². The molecule has 9 heteroatoms. The molecule has 1 aromatic heterocycles. The number of nitrogens with one attached hydrogen (secondary N) is 2.